The van der Waals surface area contributed by atoms with E-state index in [9.17, 15) is 9.59 Å². The number of pyridine rings is 1. The number of amides is 1. The molecule has 26 heavy (non-hydrogen) atoms. The van der Waals surface area contributed by atoms with Crippen molar-refractivity contribution in [2.45, 2.75) is 13.5 Å². The lowest BCUT2D eigenvalue weighted by atomic mass is 10.1. The number of aromatic nitrogens is 1. The summed E-state index contributed by atoms with van der Waals surface area (Å²) in [6, 6.07) is 15.8. The zero-order valence-electron chi connectivity index (χ0n) is 14.0. The minimum atomic E-state index is -0.493. The Bertz CT molecular complexity index is 1030. The first kappa shape index (κ1) is 18.2. The maximum absolute atomic E-state index is 12.7. The van der Waals surface area contributed by atoms with Gasteiger partial charge in [-0.05, 0) is 48.4 Å². The number of rotatable bonds is 4. The van der Waals surface area contributed by atoms with Gasteiger partial charge in [0.05, 0.1) is 16.6 Å². The fourth-order valence-electron chi connectivity index (χ4n) is 2.58. The molecule has 0 aliphatic rings. The van der Waals surface area contributed by atoms with Crippen LogP contribution in [0.3, 0.4) is 0 Å². The number of nitrogens with one attached hydrogen (secondary N) is 1. The summed E-state index contributed by atoms with van der Waals surface area (Å²) in [4.78, 5) is 25.2. The fourth-order valence-corrected chi connectivity index (χ4v) is 2.88. The summed E-state index contributed by atoms with van der Waals surface area (Å²) in [5.41, 5.74) is 2.29. The maximum Gasteiger partial charge on any atom is 0.263 e. The Hall–Kier alpha value is -2.56. The Morgan fingerprint density at radius 2 is 1.81 bits per heavy atom. The first-order valence-corrected chi connectivity index (χ1v) is 8.71. The summed E-state index contributed by atoms with van der Waals surface area (Å²) >= 11 is 11.8. The summed E-state index contributed by atoms with van der Waals surface area (Å²) in [7, 11) is 0. The standard InChI is InChI=1S/C20H16Cl2N2O2/c1-13-5-2-3-6-14(13)12-24-10-4-7-16(20(24)26)19(25)23-15-8-9-17(21)18(22)11-15/h2-11H,12H2,1H3,(H,23,25). The molecule has 3 rings (SSSR count). The average Bonchev–Trinajstić information content (AvgIpc) is 2.61. The SMILES string of the molecule is Cc1ccccc1Cn1cccc(C(=O)Nc2ccc(Cl)c(Cl)c2)c1=O. The van der Waals surface area contributed by atoms with E-state index in [1.807, 2.05) is 31.2 Å². The van der Waals surface area contributed by atoms with Crippen molar-refractivity contribution in [1.29, 1.82) is 0 Å². The first-order valence-electron chi connectivity index (χ1n) is 7.96. The third kappa shape index (κ3) is 3.98. The Labute approximate surface area is 161 Å². The van der Waals surface area contributed by atoms with Gasteiger partial charge in [-0.25, -0.2) is 0 Å². The molecule has 0 saturated heterocycles. The summed E-state index contributed by atoms with van der Waals surface area (Å²) < 4.78 is 1.52. The summed E-state index contributed by atoms with van der Waals surface area (Å²) in [5, 5.41) is 3.40. The predicted molar refractivity (Wildman–Crippen MR) is 105 cm³/mol. The molecule has 0 spiro atoms. The van der Waals surface area contributed by atoms with Gasteiger partial charge in [-0.15, -0.1) is 0 Å². The van der Waals surface area contributed by atoms with Crippen molar-refractivity contribution in [2.75, 3.05) is 5.32 Å². The van der Waals surface area contributed by atoms with E-state index in [2.05, 4.69) is 5.32 Å². The van der Waals surface area contributed by atoms with Gasteiger partial charge in [-0.1, -0.05) is 47.5 Å². The number of halogens is 2. The van der Waals surface area contributed by atoms with E-state index in [0.717, 1.165) is 11.1 Å². The van der Waals surface area contributed by atoms with Gasteiger partial charge in [-0.2, -0.15) is 0 Å². The topological polar surface area (TPSA) is 51.1 Å². The number of hydrogen-bond acceptors (Lipinski definition) is 2. The zero-order chi connectivity index (χ0) is 18.7. The van der Waals surface area contributed by atoms with E-state index in [1.54, 1.807) is 24.4 Å². The lowest BCUT2D eigenvalue weighted by Gasteiger charge is -2.11. The van der Waals surface area contributed by atoms with Crippen LogP contribution in [0.25, 0.3) is 0 Å². The van der Waals surface area contributed by atoms with Crippen molar-refractivity contribution in [3.05, 3.63) is 97.9 Å². The molecule has 0 bridgehead atoms. The number of nitrogens with zero attached hydrogens (tertiary/aromatic N) is 1. The molecule has 1 heterocycles. The van der Waals surface area contributed by atoms with Gasteiger partial charge >= 0.3 is 0 Å². The normalized spacial score (nSPS) is 10.6. The van der Waals surface area contributed by atoms with Crippen LogP contribution >= 0.6 is 23.2 Å². The smallest absolute Gasteiger partial charge is 0.263 e. The Kier molecular flexibility index (Phi) is 5.45. The second-order valence-electron chi connectivity index (χ2n) is 5.86. The lowest BCUT2D eigenvalue weighted by Crippen LogP contribution is -2.29. The molecule has 0 atom stereocenters. The molecule has 1 N–H and O–H groups in total. The van der Waals surface area contributed by atoms with Crippen LogP contribution in [0.15, 0.2) is 65.6 Å². The predicted octanol–water partition coefficient (Wildman–Crippen LogP) is 4.76. The number of carbonyl (C=O) groups is 1. The van der Waals surface area contributed by atoms with Crippen molar-refractivity contribution in [2.24, 2.45) is 0 Å². The highest BCUT2D eigenvalue weighted by molar-refractivity contribution is 6.42. The quantitative estimate of drug-likeness (QED) is 0.702. The van der Waals surface area contributed by atoms with Crippen molar-refractivity contribution in [3.63, 3.8) is 0 Å². The summed E-state index contributed by atoms with van der Waals surface area (Å²) in [6.45, 7) is 2.39. The molecule has 1 aromatic heterocycles. The average molecular weight is 387 g/mol. The first-order chi connectivity index (χ1) is 12.5. The molecule has 1 amide bonds. The Morgan fingerprint density at radius 3 is 2.54 bits per heavy atom. The number of carbonyl (C=O) groups excluding carboxylic acids is 1. The van der Waals surface area contributed by atoms with E-state index in [1.165, 1.54) is 16.7 Å². The molecule has 6 heteroatoms. The van der Waals surface area contributed by atoms with E-state index >= 15 is 0 Å². The van der Waals surface area contributed by atoms with Crippen molar-refractivity contribution < 1.29 is 4.79 Å². The minimum absolute atomic E-state index is 0.0622. The van der Waals surface area contributed by atoms with Crippen LogP contribution in [0.1, 0.15) is 21.5 Å². The summed E-state index contributed by atoms with van der Waals surface area (Å²) in [5.74, 6) is -0.493. The van der Waals surface area contributed by atoms with Crippen LogP contribution in [0.4, 0.5) is 5.69 Å². The van der Waals surface area contributed by atoms with Crippen LogP contribution in [0, 0.1) is 6.92 Å². The molecule has 0 unspecified atom stereocenters. The molecule has 4 nitrogen and oxygen atoms in total. The molecule has 0 aliphatic heterocycles. The van der Waals surface area contributed by atoms with Gasteiger partial charge < -0.3 is 9.88 Å². The zero-order valence-corrected chi connectivity index (χ0v) is 15.5. The van der Waals surface area contributed by atoms with E-state index < -0.39 is 5.91 Å². The molecule has 132 valence electrons. The van der Waals surface area contributed by atoms with Crippen LogP contribution < -0.4 is 10.9 Å². The minimum Gasteiger partial charge on any atom is -0.322 e. The number of hydrogen-bond donors (Lipinski definition) is 1. The fraction of sp³-hybridized carbons (Fsp3) is 0.100. The van der Waals surface area contributed by atoms with Crippen LogP contribution in [-0.4, -0.2) is 10.5 Å². The largest absolute Gasteiger partial charge is 0.322 e. The van der Waals surface area contributed by atoms with Gasteiger partial charge in [-0.3, -0.25) is 9.59 Å². The molecular weight excluding hydrogens is 371 g/mol. The highest BCUT2D eigenvalue weighted by atomic mass is 35.5. The Morgan fingerprint density at radius 1 is 1.04 bits per heavy atom. The molecule has 0 saturated carbocycles. The third-order valence-electron chi connectivity index (χ3n) is 4.04. The van der Waals surface area contributed by atoms with Crippen LogP contribution in [-0.2, 0) is 6.54 Å². The van der Waals surface area contributed by atoms with Crippen LogP contribution in [0.5, 0.6) is 0 Å². The molecule has 3 aromatic rings. The van der Waals surface area contributed by atoms with E-state index in [0.29, 0.717) is 22.3 Å². The molecule has 0 aliphatic carbocycles. The number of benzene rings is 2. The van der Waals surface area contributed by atoms with Crippen molar-refractivity contribution >= 4 is 34.8 Å². The van der Waals surface area contributed by atoms with E-state index in [-0.39, 0.29) is 11.1 Å². The molecule has 0 fully saturated rings. The van der Waals surface area contributed by atoms with Gasteiger partial charge in [0.2, 0.25) is 0 Å². The monoisotopic (exact) mass is 386 g/mol. The second-order valence-corrected chi connectivity index (χ2v) is 6.68. The van der Waals surface area contributed by atoms with Gasteiger partial charge in [0.1, 0.15) is 5.56 Å². The van der Waals surface area contributed by atoms with Crippen molar-refractivity contribution in [3.8, 4) is 0 Å². The number of aryl methyl sites for hydroxylation is 1. The second kappa shape index (κ2) is 7.77. The molecule has 0 radical (unpaired) electrons. The van der Waals surface area contributed by atoms with Gasteiger partial charge in [0.25, 0.3) is 11.5 Å². The van der Waals surface area contributed by atoms with Crippen LogP contribution in [0.2, 0.25) is 10.0 Å². The maximum atomic E-state index is 12.7. The summed E-state index contributed by atoms with van der Waals surface area (Å²) in [6.07, 6.45) is 1.67. The van der Waals surface area contributed by atoms with Crippen molar-refractivity contribution in [1.82, 2.24) is 4.57 Å². The third-order valence-corrected chi connectivity index (χ3v) is 4.78. The Balaban J connectivity index is 1.86. The van der Waals surface area contributed by atoms with Gasteiger partial charge in [0.15, 0.2) is 0 Å². The molecular formula is C20H16Cl2N2O2. The highest BCUT2D eigenvalue weighted by Crippen LogP contribution is 2.25. The highest BCUT2D eigenvalue weighted by Gasteiger charge is 2.13. The lowest BCUT2D eigenvalue weighted by molar-refractivity contribution is 0.102. The van der Waals surface area contributed by atoms with E-state index in [4.69, 9.17) is 23.2 Å². The van der Waals surface area contributed by atoms with Gasteiger partial charge in [0, 0.05) is 11.9 Å². The number of anilines is 1. The molecule has 2 aromatic carbocycles.